The van der Waals surface area contributed by atoms with E-state index in [1.807, 2.05) is 5.48 Å². The fourth-order valence-electron chi connectivity index (χ4n) is 1.11. The first-order valence-corrected chi connectivity index (χ1v) is 4.64. The number of hydrogen-bond donors (Lipinski definition) is 1. The van der Waals surface area contributed by atoms with Crippen LogP contribution in [0.4, 0.5) is 23.2 Å². The van der Waals surface area contributed by atoms with Crippen molar-refractivity contribution in [2.45, 2.75) is 12.7 Å². The Hall–Kier alpha value is -1.74. The first-order chi connectivity index (χ1) is 8.31. The molecule has 1 aromatic carbocycles. The highest BCUT2D eigenvalue weighted by Crippen LogP contribution is 2.20. The van der Waals surface area contributed by atoms with Crippen molar-refractivity contribution >= 4 is 5.69 Å². The summed E-state index contributed by atoms with van der Waals surface area (Å²) in [5.41, 5.74) is 0.977. The van der Waals surface area contributed by atoms with Gasteiger partial charge >= 0.3 is 11.9 Å². The van der Waals surface area contributed by atoms with Gasteiger partial charge in [-0.2, -0.15) is 23.0 Å². The predicted octanol–water partition coefficient (Wildman–Crippen LogP) is 2.32. The van der Waals surface area contributed by atoms with E-state index in [1.165, 1.54) is 12.1 Å². The minimum atomic E-state index is -4.51. The highest BCUT2D eigenvalue weighted by atomic mass is 19.4. The minimum Gasteiger partial charge on any atom is -0.292 e. The van der Waals surface area contributed by atoms with E-state index >= 15 is 0 Å². The van der Waals surface area contributed by atoms with Crippen LogP contribution in [0.15, 0.2) is 18.2 Å². The van der Waals surface area contributed by atoms with E-state index in [0.29, 0.717) is 0 Å². The van der Waals surface area contributed by atoms with Crippen LogP contribution in [0.25, 0.3) is 0 Å². The van der Waals surface area contributed by atoms with Crippen LogP contribution in [0.1, 0.15) is 5.56 Å². The Morgan fingerprint density at radius 2 is 2.06 bits per heavy atom. The summed E-state index contributed by atoms with van der Waals surface area (Å²) >= 11 is 0. The van der Waals surface area contributed by atoms with Crippen molar-refractivity contribution in [2.75, 3.05) is 6.61 Å². The maximum atomic E-state index is 13.4. The van der Waals surface area contributed by atoms with Crippen LogP contribution in [-0.4, -0.2) is 17.7 Å². The van der Waals surface area contributed by atoms with Gasteiger partial charge in [0.25, 0.3) is 0 Å². The molecule has 0 unspecified atom stereocenters. The number of hydrogen-bond acceptors (Lipinski definition) is 4. The van der Waals surface area contributed by atoms with E-state index in [2.05, 4.69) is 4.84 Å². The van der Waals surface area contributed by atoms with Crippen LogP contribution in [0.3, 0.4) is 0 Å². The third kappa shape index (κ3) is 4.26. The second-order valence-electron chi connectivity index (χ2n) is 3.23. The van der Waals surface area contributed by atoms with Crippen molar-refractivity contribution in [1.29, 1.82) is 0 Å². The summed E-state index contributed by atoms with van der Waals surface area (Å²) in [6, 6.07) is 3.38. The molecule has 18 heavy (non-hydrogen) atoms. The van der Waals surface area contributed by atoms with Crippen LogP contribution >= 0.6 is 0 Å². The molecule has 0 aliphatic carbocycles. The quantitative estimate of drug-likeness (QED) is 0.385. The maximum Gasteiger partial charge on any atom is 0.413 e. The van der Waals surface area contributed by atoms with Gasteiger partial charge in [0.1, 0.15) is 0 Å². The SMILES string of the molecule is O=[N+]([O-])c1cccc(CNOCC(F)(F)F)c1F. The molecular formula is C9H8F4N2O3. The summed E-state index contributed by atoms with van der Waals surface area (Å²) in [5.74, 6) is -1.11. The van der Waals surface area contributed by atoms with Crippen molar-refractivity contribution in [3.63, 3.8) is 0 Å². The molecule has 0 radical (unpaired) electrons. The topological polar surface area (TPSA) is 64.4 Å². The molecule has 9 heteroatoms. The van der Waals surface area contributed by atoms with Crippen LogP contribution < -0.4 is 5.48 Å². The summed E-state index contributed by atoms with van der Waals surface area (Å²) in [4.78, 5) is 13.5. The molecular weight excluding hydrogens is 260 g/mol. The molecule has 1 aromatic rings. The molecule has 0 heterocycles. The van der Waals surface area contributed by atoms with E-state index in [9.17, 15) is 27.7 Å². The van der Waals surface area contributed by atoms with Crippen molar-refractivity contribution in [1.82, 2.24) is 5.48 Å². The largest absolute Gasteiger partial charge is 0.413 e. The summed E-state index contributed by atoms with van der Waals surface area (Å²) in [6.07, 6.45) is -4.51. The van der Waals surface area contributed by atoms with Gasteiger partial charge in [0.05, 0.1) is 4.92 Å². The summed E-state index contributed by atoms with van der Waals surface area (Å²) < 4.78 is 48.5. The Labute approximate surface area is 98.5 Å². The second kappa shape index (κ2) is 5.74. The minimum absolute atomic E-state index is 0.161. The highest BCUT2D eigenvalue weighted by molar-refractivity contribution is 5.36. The Morgan fingerprint density at radius 1 is 1.39 bits per heavy atom. The number of alkyl halides is 3. The standard InChI is InChI=1S/C9H8F4N2O3/c10-8-6(2-1-3-7(8)15(16)17)4-14-18-5-9(11,12)13/h1-3,14H,4-5H2. The lowest BCUT2D eigenvalue weighted by Gasteiger charge is -2.08. The number of nitro groups is 1. The van der Waals surface area contributed by atoms with Crippen molar-refractivity contribution in [3.8, 4) is 0 Å². The van der Waals surface area contributed by atoms with E-state index in [1.54, 1.807) is 0 Å². The fraction of sp³-hybridized carbons (Fsp3) is 0.333. The zero-order valence-electron chi connectivity index (χ0n) is 8.83. The molecule has 0 fully saturated rings. The van der Waals surface area contributed by atoms with Gasteiger partial charge in [-0.25, -0.2) is 0 Å². The number of nitrogens with zero attached hydrogens (tertiary/aromatic N) is 1. The number of rotatable bonds is 5. The Morgan fingerprint density at radius 3 is 2.61 bits per heavy atom. The van der Waals surface area contributed by atoms with Gasteiger partial charge in [-0.15, -0.1) is 0 Å². The molecule has 1 rings (SSSR count). The third-order valence-corrected chi connectivity index (χ3v) is 1.86. The molecule has 0 bridgehead atoms. The summed E-state index contributed by atoms with van der Waals surface area (Å²) in [6.45, 7) is -1.95. The molecule has 0 aliphatic heterocycles. The predicted molar refractivity (Wildman–Crippen MR) is 51.9 cm³/mol. The van der Waals surface area contributed by atoms with Gasteiger partial charge < -0.3 is 0 Å². The number of benzene rings is 1. The smallest absolute Gasteiger partial charge is 0.292 e. The van der Waals surface area contributed by atoms with Gasteiger partial charge in [-0.3, -0.25) is 15.0 Å². The van der Waals surface area contributed by atoms with Crippen LogP contribution in [0.5, 0.6) is 0 Å². The lowest BCUT2D eigenvalue weighted by molar-refractivity contribution is -0.387. The van der Waals surface area contributed by atoms with Crippen molar-refractivity contribution < 1.29 is 27.3 Å². The first-order valence-electron chi connectivity index (χ1n) is 4.64. The van der Waals surface area contributed by atoms with Gasteiger partial charge in [-0.1, -0.05) is 12.1 Å². The number of nitro benzene ring substituents is 1. The number of hydroxylamine groups is 1. The lowest BCUT2D eigenvalue weighted by atomic mass is 10.2. The molecule has 0 spiro atoms. The molecule has 0 amide bonds. The van der Waals surface area contributed by atoms with E-state index in [-0.39, 0.29) is 5.56 Å². The highest BCUT2D eigenvalue weighted by Gasteiger charge is 2.27. The van der Waals surface area contributed by atoms with E-state index in [0.717, 1.165) is 6.07 Å². The average molecular weight is 268 g/mol. The molecule has 0 saturated heterocycles. The van der Waals surface area contributed by atoms with E-state index in [4.69, 9.17) is 0 Å². The van der Waals surface area contributed by atoms with Crippen LogP contribution in [0.2, 0.25) is 0 Å². The Bertz CT molecular complexity index is 436. The number of halogens is 4. The Kier molecular flexibility index (Phi) is 4.56. The van der Waals surface area contributed by atoms with Gasteiger partial charge in [0.15, 0.2) is 6.61 Å². The summed E-state index contributed by atoms with van der Waals surface area (Å²) in [7, 11) is 0. The van der Waals surface area contributed by atoms with Crippen LogP contribution in [-0.2, 0) is 11.4 Å². The Balaban J connectivity index is 2.58. The molecule has 0 atom stereocenters. The molecule has 0 aliphatic rings. The average Bonchev–Trinajstić information content (AvgIpc) is 2.24. The normalized spacial score (nSPS) is 11.6. The maximum absolute atomic E-state index is 13.4. The zero-order valence-corrected chi connectivity index (χ0v) is 8.83. The molecule has 0 saturated carbocycles. The first kappa shape index (κ1) is 14.3. The zero-order chi connectivity index (χ0) is 13.8. The van der Waals surface area contributed by atoms with Crippen molar-refractivity contribution in [2.24, 2.45) is 0 Å². The van der Waals surface area contributed by atoms with Gasteiger partial charge in [-0.05, 0) is 0 Å². The summed E-state index contributed by atoms with van der Waals surface area (Å²) in [5, 5.41) is 10.4. The molecule has 100 valence electrons. The molecule has 1 N–H and O–H groups in total. The third-order valence-electron chi connectivity index (χ3n) is 1.86. The molecule has 5 nitrogen and oxygen atoms in total. The van der Waals surface area contributed by atoms with Crippen molar-refractivity contribution in [3.05, 3.63) is 39.7 Å². The van der Waals surface area contributed by atoms with E-state index < -0.39 is 35.8 Å². The van der Waals surface area contributed by atoms with Gasteiger partial charge in [0.2, 0.25) is 5.82 Å². The second-order valence-corrected chi connectivity index (χ2v) is 3.23. The fourth-order valence-corrected chi connectivity index (χ4v) is 1.11. The van der Waals surface area contributed by atoms with Gasteiger partial charge in [0, 0.05) is 18.2 Å². The lowest BCUT2D eigenvalue weighted by Crippen LogP contribution is -2.24. The van der Waals surface area contributed by atoms with Crippen LogP contribution in [0, 0.1) is 15.9 Å². The molecule has 0 aromatic heterocycles. The monoisotopic (exact) mass is 268 g/mol. The number of nitrogens with one attached hydrogen (secondary N) is 1.